The number of aromatic nitrogens is 2. The molecule has 0 spiro atoms. The number of nitrogens with zero attached hydrogens (tertiary/aromatic N) is 3. The molecule has 2 amide bonds. The van der Waals surface area contributed by atoms with Gasteiger partial charge in [-0.1, -0.05) is 29.0 Å². The van der Waals surface area contributed by atoms with Crippen molar-refractivity contribution in [2.45, 2.75) is 18.8 Å². The van der Waals surface area contributed by atoms with Crippen LogP contribution < -0.4 is 5.32 Å². The molecule has 3 heterocycles. The lowest BCUT2D eigenvalue weighted by atomic mass is 9.97. The molecule has 0 unspecified atom stereocenters. The Kier molecular flexibility index (Phi) is 5.40. The summed E-state index contributed by atoms with van der Waals surface area (Å²) in [6.07, 6.45) is 3.05. The topological polar surface area (TPSA) is 88.3 Å². The van der Waals surface area contributed by atoms with Crippen molar-refractivity contribution in [3.63, 3.8) is 0 Å². The molecular weight excluding hydrogens is 400 g/mol. The van der Waals surface area contributed by atoms with Gasteiger partial charge in [-0.25, -0.2) is 0 Å². The molecule has 4 rings (SSSR count). The number of furan rings is 1. The van der Waals surface area contributed by atoms with Gasteiger partial charge >= 0.3 is 0 Å². The lowest BCUT2D eigenvalue weighted by molar-refractivity contribution is 0.0680. The number of carbonyl (C=O) groups is 2. The fraction of sp³-hybridized carbons (Fsp3) is 0.263. The molecular formula is C19H17ClN4O3S. The summed E-state index contributed by atoms with van der Waals surface area (Å²) in [7, 11) is 0. The van der Waals surface area contributed by atoms with Crippen LogP contribution in [0, 0.1) is 0 Å². The zero-order chi connectivity index (χ0) is 19.5. The quantitative estimate of drug-likeness (QED) is 0.692. The molecule has 9 heteroatoms. The molecule has 2 aromatic heterocycles. The van der Waals surface area contributed by atoms with Crippen molar-refractivity contribution >= 4 is 40.4 Å². The molecule has 3 aromatic rings. The summed E-state index contributed by atoms with van der Waals surface area (Å²) in [4.78, 5) is 26.5. The van der Waals surface area contributed by atoms with Crippen LogP contribution in [-0.2, 0) is 0 Å². The molecule has 144 valence electrons. The molecule has 1 saturated heterocycles. The lowest BCUT2D eigenvalue weighted by Crippen LogP contribution is -2.37. The van der Waals surface area contributed by atoms with Gasteiger partial charge in [0, 0.05) is 29.7 Å². The third kappa shape index (κ3) is 4.07. The molecule has 0 saturated carbocycles. The first kappa shape index (κ1) is 18.6. The number of carbonyl (C=O) groups excluding carboxylic acids is 2. The van der Waals surface area contributed by atoms with Crippen molar-refractivity contribution in [2.24, 2.45) is 0 Å². The third-order valence-electron chi connectivity index (χ3n) is 4.58. The van der Waals surface area contributed by atoms with Gasteiger partial charge < -0.3 is 14.6 Å². The number of halogens is 1. The summed E-state index contributed by atoms with van der Waals surface area (Å²) in [5.41, 5.74) is 0.610. The average molecular weight is 417 g/mol. The van der Waals surface area contributed by atoms with Crippen LogP contribution in [0.2, 0.25) is 5.02 Å². The van der Waals surface area contributed by atoms with Crippen molar-refractivity contribution in [1.29, 1.82) is 0 Å². The first-order valence-electron chi connectivity index (χ1n) is 8.83. The number of benzene rings is 1. The normalized spacial score (nSPS) is 14.8. The standard InChI is InChI=1S/C19H17ClN4O3S/c20-13-3-1-4-14(11-13)21-16(25)18-23-22-17(28-18)12-6-8-24(9-7-12)19(26)15-5-2-10-27-15/h1-5,10-12H,6-9H2,(H,21,25). The zero-order valence-corrected chi connectivity index (χ0v) is 16.4. The Labute approximate surface area is 170 Å². The predicted octanol–water partition coefficient (Wildman–Crippen LogP) is 4.06. The van der Waals surface area contributed by atoms with E-state index in [1.807, 2.05) is 0 Å². The predicted molar refractivity (Wildman–Crippen MR) is 106 cm³/mol. The van der Waals surface area contributed by atoms with Crippen molar-refractivity contribution in [1.82, 2.24) is 15.1 Å². The minimum absolute atomic E-state index is 0.0951. The Morgan fingerprint density at radius 3 is 2.71 bits per heavy atom. The van der Waals surface area contributed by atoms with Gasteiger partial charge in [-0.3, -0.25) is 9.59 Å². The van der Waals surface area contributed by atoms with E-state index in [-0.39, 0.29) is 17.7 Å². The van der Waals surface area contributed by atoms with E-state index in [1.54, 1.807) is 41.3 Å². The van der Waals surface area contributed by atoms with E-state index >= 15 is 0 Å². The van der Waals surface area contributed by atoms with E-state index in [9.17, 15) is 9.59 Å². The van der Waals surface area contributed by atoms with Gasteiger partial charge in [-0.15, -0.1) is 10.2 Å². The van der Waals surface area contributed by atoms with Gasteiger partial charge in [0.25, 0.3) is 11.8 Å². The van der Waals surface area contributed by atoms with Crippen LogP contribution in [-0.4, -0.2) is 40.0 Å². The summed E-state index contributed by atoms with van der Waals surface area (Å²) in [5, 5.41) is 12.7. The molecule has 1 N–H and O–H groups in total. The molecule has 1 fully saturated rings. The van der Waals surface area contributed by atoms with Gasteiger partial charge in [-0.05, 0) is 43.2 Å². The summed E-state index contributed by atoms with van der Waals surface area (Å²) in [6.45, 7) is 1.24. The van der Waals surface area contributed by atoms with E-state index in [4.69, 9.17) is 16.0 Å². The molecule has 7 nitrogen and oxygen atoms in total. The van der Waals surface area contributed by atoms with Crippen LogP contribution in [0.15, 0.2) is 47.1 Å². The molecule has 28 heavy (non-hydrogen) atoms. The monoisotopic (exact) mass is 416 g/mol. The Morgan fingerprint density at radius 2 is 2.00 bits per heavy atom. The second kappa shape index (κ2) is 8.12. The molecule has 0 atom stereocenters. The van der Waals surface area contributed by atoms with Gasteiger partial charge in [0.05, 0.1) is 6.26 Å². The van der Waals surface area contributed by atoms with Crippen LogP contribution in [0.4, 0.5) is 5.69 Å². The maximum Gasteiger partial charge on any atom is 0.289 e. The zero-order valence-electron chi connectivity index (χ0n) is 14.8. The van der Waals surface area contributed by atoms with Crippen LogP contribution >= 0.6 is 22.9 Å². The van der Waals surface area contributed by atoms with Crippen LogP contribution in [0.5, 0.6) is 0 Å². The summed E-state index contributed by atoms with van der Waals surface area (Å²) >= 11 is 7.23. The summed E-state index contributed by atoms with van der Waals surface area (Å²) in [6, 6.07) is 10.3. The average Bonchev–Trinajstić information content (AvgIpc) is 3.40. The molecule has 1 aliphatic rings. The van der Waals surface area contributed by atoms with Crippen molar-refractivity contribution in [3.05, 3.63) is 63.5 Å². The summed E-state index contributed by atoms with van der Waals surface area (Å²) in [5.74, 6) is 0.138. The first-order valence-corrected chi connectivity index (χ1v) is 10.0. The smallest absolute Gasteiger partial charge is 0.289 e. The van der Waals surface area contributed by atoms with Gasteiger partial charge in [0.1, 0.15) is 5.01 Å². The number of piperidine rings is 1. The Morgan fingerprint density at radius 1 is 1.18 bits per heavy atom. The number of likely N-dealkylation sites (tertiary alicyclic amines) is 1. The summed E-state index contributed by atoms with van der Waals surface area (Å²) < 4.78 is 5.18. The fourth-order valence-electron chi connectivity index (χ4n) is 3.13. The van der Waals surface area contributed by atoms with Gasteiger partial charge in [0.2, 0.25) is 5.01 Å². The van der Waals surface area contributed by atoms with Crippen LogP contribution in [0.1, 0.15) is 44.1 Å². The minimum Gasteiger partial charge on any atom is -0.459 e. The Balaban J connectivity index is 1.36. The van der Waals surface area contributed by atoms with E-state index in [0.717, 1.165) is 17.8 Å². The van der Waals surface area contributed by atoms with Crippen molar-refractivity contribution in [2.75, 3.05) is 18.4 Å². The molecule has 0 bridgehead atoms. The van der Waals surface area contributed by atoms with Gasteiger partial charge in [0.15, 0.2) is 5.76 Å². The minimum atomic E-state index is -0.309. The molecule has 1 aromatic carbocycles. The highest BCUT2D eigenvalue weighted by Gasteiger charge is 2.28. The largest absolute Gasteiger partial charge is 0.459 e. The lowest BCUT2D eigenvalue weighted by Gasteiger charge is -2.30. The van der Waals surface area contributed by atoms with Crippen molar-refractivity contribution in [3.8, 4) is 0 Å². The fourth-order valence-corrected chi connectivity index (χ4v) is 4.23. The number of nitrogens with one attached hydrogen (secondary N) is 1. The van der Waals surface area contributed by atoms with Crippen LogP contribution in [0.25, 0.3) is 0 Å². The number of hydrogen-bond acceptors (Lipinski definition) is 6. The first-order chi connectivity index (χ1) is 13.6. The Bertz CT molecular complexity index is 981. The van der Waals surface area contributed by atoms with E-state index in [2.05, 4.69) is 15.5 Å². The highest BCUT2D eigenvalue weighted by atomic mass is 35.5. The van der Waals surface area contributed by atoms with E-state index < -0.39 is 0 Å². The second-order valence-electron chi connectivity index (χ2n) is 6.45. The second-order valence-corrected chi connectivity index (χ2v) is 7.90. The van der Waals surface area contributed by atoms with Crippen LogP contribution in [0.3, 0.4) is 0 Å². The number of amides is 2. The van der Waals surface area contributed by atoms with E-state index in [0.29, 0.717) is 34.6 Å². The SMILES string of the molecule is O=C(Nc1cccc(Cl)c1)c1nnc(C2CCN(C(=O)c3ccco3)CC2)s1. The molecule has 1 aliphatic heterocycles. The number of rotatable bonds is 4. The molecule has 0 aliphatic carbocycles. The Hall–Kier alpha value is -2.71. The maximum atomic E-state index is 12.4. The highest BCUT2D eigenvalue weighted by Crippen LogP contribution is 2.31. The van der Waals surface area contributed by atoms with E-state index in [1.165, 1.54) is 17.6 Å². The maximum absolute atomic E-state index is 12.4. The number of hydrogen-bond donors (Lipinski definition) is 1. The van der Waals surface area contributed by atoms with Crippen molar-refractivity contribution < 1.29 is 14.0 Å². The highest BCUT2D eigenvalue weighted by molar-refractivity contribution is 7.13. The number of anilines is 1. The van der Waals surface area contributed by atoms with Gasteiger partial charge in [-0.2, -0.15) is 0 Å². The third-order valence-corrected chi connectivity index (χ3v) is 5.90. The molecule has 0 radical (unpaired) electrons.